The van der Waals surface area contributed by atoms with Crippen LogP contribution in [0.1, 0.15) is 24.1 Å². The Kier molecular flexibility index (Phi) is 4.41. The fraction of sp³-hybridized carbons (Fsp3) is 0.438. The molecule has 0 spiro atoms. The molecule has 0 aliphatic heterocycles. The highest BCUT2D eigenvalue weighted by Gasteiger charge is 2.20. The molecule has 1 aliphatic carbocycles. The number of methoxy groups -OCH3 is 1. The normalized spacial score (nSPS) is 14.2. The Morgan fingerprint density at radius 3 is 2.95 bits per heavy atom. The summed E-state index contributed by atoms with van der Waals surface area (Å²) in [6.45, 7) is 1.68. The highest BCUT2D eigenvalue weighted by molar-refractivity contribution is 7.13. The molecule has 1 aliphatic rings. The molecule has 1 heterocycles. The van der Waals surface area contributed by atoms with Crippen molar-refractivity contribution in [3.8, 4) is 5.75 Å². The Balaban J connectivity index is 1.62. The smallest absolute Gasteiger partial charge is 0.185 e. The molecule has 1 aromatic carbocycles. The van der Waals surface area contributed by atoms with Gasteiger partial charge < -0.3 is 15.0 Å². The van der Waals surface area contributed by atoms with Crippen LogP contribution in [0, 0.1) is 0 Å². The molecule has 4 nitrogen and oxygen atoms in total. The summed E-state index contributed by atoms with van der Waals surface area (Å²) in [5, 5.41) is 6.69. The van der Waals surface area contributed by atoms with Crippen LogP contribution in [0.2, 0.25) is 0 Å². The van der Waals surface area contributed by atoms with Crippen LogP contribution in [0.3, 0.4) is 0 Å². The SMILES string of the molecule is COc1ccccc1CN(C)c1nc(CNC2CC2)cs1. The van der Waals surface area contributed by atoms with Gasteiger partial charge in [-0.15, -0.1) is 11.3 Å². The van der Waals surface area contributed by atoms with E-state index in [1.165, 1.54) is 18.4 Å². The number of anilines is 1. The van der Waals surface area contributed by atoms with Gasteiger partial charge in [-0.25, -0.2) is 4.98 Å². The summed E-state index contributed by atoms with van der Waals surface area (Å²) in [4.78, 5) is 6.87. The monoisotopic (exact) mass is 303 g/mol. The zero-order chi connectivity index (χ0) is 14.7. The molecule has 0 bridgehead atoms. The fourth-order valence-electron chi connectivity index (χ4n) is 2.25. The Hall–Kier alpha value is -1.59. The van der Waals surface area contributed by atoms with Crippen molar-refractivity contribution in [2.24, 2.45) is 0 Å². The Morgan fingerprint density at radius 1 is 1.38 bits per heavy atom. The summed E-state index contributed by atoms with van der Waals surface area (Å²) in [6, 6.07) is 8.85. The maximum Gasteiger partial charge on any atom is 0.185 e. The molecule has 0 radical (unpaired) electrons. The second kappa shape index (κ2) is 6.45. The van der Waals surface area contributed by atoms with Gasteiger partial charge in [-0.05, 0) is 18.9 Å². The van der Waals surface area contributed by atoms with E-state index in [9.17, 15) is 0 Å². The van der Waals surface area contributed by atoms with Crippen LogP contribution < -0.4 is 15.0 Å². The van der Waals surface area contributed by atoms with Crippen LogP contribution in [-0.2, 0) is 13.1 Å². The topological polar surface area (TPSA) is 37.4 Å². The van der Waals surface area contributed by atoms with Gasteiger partial charge in [0, 0.05) is 37.1 Å². The lowest BCUT2D eigenvalue weighted by molar-refractivity contribution is 0.409. The first-order chi connectivity index (χ1) is 10.3. The first-order valence-corrected chi connectivity index (χ1v) is 8.15. The number of nitrogens with zero attached hydrogens (tertiary/aromatic N) is 2. The third-order valence-corrected chi connectivity index (χ3v) is 4.62. The molecule has 0 atom stereocenters. The van der Waals surface area contributed by atoms with Crippen molar-refractivity contribution in [3.63, 3.8) is 0 Å². The van der Waals surface area contributed by atoms with E-state index < -0.39 is 0 Å². The minimum Gasteiger partial charge on any atom is -0.496 e. The van der Waals surface area contributed by atoms with Crippen molar-refractivity contribution in [3.05, 3.63) is 40.9 Å². The number of para-hydroxylation sites is 1. The van der Waals surface area contributed by atoms with Gasteiger partial charge in [0.2, 0.25) is 0 Å². The van der Waals surface area contributed by atoms with Crippen LogP contribution >= 0.6 is 11.3 Å². The number of rotatable bonds is 7. The number of aromatic nitrogens is 1. The number of hydrogen-bond donors (Lipinski definition) is 1. The van der Waals surface area contributed by atoms with E-state index in [0.29, 0.717) is 0 Å². The van der Waals surface area contributed by atoms with Crippen molar-refractivity contribution >= 4 is 16.5 Å². The summed E-state index contributed by atoms with van der Waals surface area (Å²) in [7, 11) is 3.78. The molecule has 0 unspecified atom stereocenters. The molecule has 1 aromatic heterocycles. The highest BCUT2D eigenvalue weighted by atomic mass is 32.1. The number of hydrogen-bond acceptors (Lipinski definition) is 5. The largest absolute Gasteiger partial charge is 0.496 e. The van der Waals surface area contributed by atoms with Crippen molar-refractivity contribution in [1.82, 2.24) is 10.3 Å². The quantitative estimate of drug-likeness (QED) is 0.853. The molecular formula is C16H21N3OS. The summed E-state index contributed by atoms with van der Waals surface area (Å²) in [5.41, 5.74) is 2.31. The number of nitrogens with one attached hydrogen (secondary N) is 1. The van der Waals surface area contributed by atoms with E-state index in [4.69, 9.17) is 9.72 Å². The molecule has 3 rings (SSSR count). The zero-order valence-electron chi connectivity index (χ0n) is 12.5. The first-order valence-electron chi connectivity index (χ1n) is 7.27. The van der Waals surface area contributed by atoms with E-state index in [1.807, 2.05) is 18.2 Å². The standard InChI is InChI=1S/C16H21N3OS/c1-19(10-12-5-3-4-6-15(12)20-2)16-18-14(11-21-16)9-17-13-7-8-13/h3-6,11,13,17H,7-10H2,1-2H3. The van der Waals surface area contributed by atoms with E-state index >= 15 is 0 Å². The van der Waals surface area contributed by atoms with Gasteiger partial charge in [0.1, 0.15) is 5.75 Å². The van der Waals surface area contributed by atoms with Crippen molar-refractivity contribution in [1.29, 1.82) is 0 Å². The average Bonchev–Trinajstić information content (AvgIpc) is 3.22. The Labute approximate surface area is 129 Å². The predicted octanol–water partition coefficient (Wildman–Crippen LogP) is 3.04. The Bertz CT molecular complexity index is 595. The van der Waals surface area contributed by atoms with Gasteiger partial charge in [0.15, 0.2) is 5.13 Å². The van der Waals surface area contributed by atoms with Crippen molar-refractivity contribution in [2.75, 3.05) is 19.1 Å². The molecule has 2 aromatic rings. The van der Waals surface area contributed by atoms with Crippen LogP contribution in [0.5, 0.6) is 5.75 Å². The molecule has 1 saturated carbocycles. The van der Waals surface area contributed by atoms with Gasteiger partial charge in [-0.1, -0.05) is 18.2 Å². The summed E-state index contributed by atoms with van der Waals surface area (Å²) < 4.78 is 5.41. The van der Waals surface area contributed by atoms with E-state index in [1.54, 1.807) is 18.4 Å². The average molecular weight is 303 g/mol. The highest BCUT2D eigenvalue weighted by Crippen LogP contribution is 2.25. The second-order valence-corrected chi connectivity index (χ2v) is 6.28. The van der Waals surface area contributed by atoms with Crippen molar-refractivity contribution in [2.45, 2.75) is 32.0 Å². The first kappa shape index (κ1) is 14.4. The fourth-order valence-corrected chi connectivity index (χ4v) is 3.04. The molecule has 1 fully saturated rings. The molecule has 0 amide bonds. The third kappa shape index (κ3) is 3.74. The summed E-state index contributed by atoms with van der Waals surface area (Å²) >= 11 is 1.70. The number of ether oxygens (including phenoxy) is 1. The van der Waals surface area contributed by atoms with Crippen LogP contribution in [0.4, 0.5) is 5.13 Å². The predicted molar refractivity (Wildman–Crippen MR) is 87.1 cm³/mol. The van der Waals surface area contributed by atoms with Crippen LogP contribution in [0.25, 0.3) is 0 Å². The van der Waals surface area contributed by atoms with Gasteiger partial charge >= 0.3 is 0 Å². The summed E-state index contributed by atoms with van der Waals surface area (Å²) in [5.74, 6) is 0.927. The van der Waals surface area contributed by atoms with Crippen LogP contribution in [-0.4, -0.2) is 25.2 Å². The number of benzene rings is 1. The maximum atomic E-state index is 5.41. The van der Waals surface area contributed by atoms with E-state index in [0.717, 1.165) is 35.7 Å². The van der Waals surface area contributed by atoms with Gasteiger partial charge in [0.05, 0.1) is 12.8 Å². The lowest BCUT2D eigenvalue weighted by Crippen LogP contribution is -2.18. The lowest BCUT2D eigenvalue weighted by atomic mass is 10.2. The second-order valence-electron chi connectivity index (χ2n) is 5.44. The third-order valence-electron chi connectivity index (χ3n) is 3.62. The maximum absolute atomic E-state index is 5.41. The zero-order valence-corrected chi connectivity index (χ0v) is 13.3. The minimum atomic E-state index is 0.724. The Morgan fingerprint density at radius 2 is 2.19 bits per heavy atom. The van der Waals surface area contributed by atoms with Gasteiger partial charge in [-0.3, -0.25) is 0 Å². The van der Waals surface area contributed by atoms with E-state index in [2.05, 4.69) is 28.7 Å². The molecule has 1 N–H and O–H groups in total. The lowest BCUT2D eigenvalue weighted by Gasteiger charge is -2.17. The molecular weight excluding hydrogens is 282 g/mol. The molecule has 0 saturated heterocycles. The van der Waals surface area contributed by atoms with Crippen molar-refractivity contribution < 1.29 is 4.74 Å². The number of thiazole rings is 1. The van der Waals surface area contributed by atoms with Crippen LogP contribution in [0.15, 0.2) is 29.6 Å². The summed E-state index contributed by atoms with van der Waals surface area (Å²) in [6.07, 6.45) is 2.62. The molecule has 112 valence electrons. The van der Waals surface area contributed by atoms with Gasteiger partial charge in [-0.2, -0.15) is 0 Å². The minimum absolute atomic E-state index is 0.724. The molecule has 21 heavy (non-hydrogen) atoms. The molecule has 5 heteroatoms. The van der Waals surface area contributed by atoms with Gasteiger partial charge in [0.25, 0.3) is 0 Å². The van der Waals surface area contributed by atoms with E-state index in [-0.39, 0.29) is 0 Å².